The summed E-state index contributed by atoms with van der Waals surface area (Å²) in [5.74, 6) is 0. The van der Waals surface area contributed by atoms with Gasteiger partial charge in [-0.25, -0.2) is 0 Å². The minimum atomic E-state index is 0.0992. The van der Waals surface area contributed by atoms with Gasteiger partial charge >= 0.3 is 0 Å². The van der Waals surface area contributed by atoms with Gasteiger partial charge in [0.25, 0.3) is 0 Å². The second-order valence-electron chi connectivity index (χ2n) is 4.14. The summed E-state index contributed by atoms with van der Waals surface area (Å²) in [4.78, 5) is 0. The predicted molar refractivity (Wildman–Crippen MR) is 68.3 cm³/mol. The Morgan fingerprint density at radius 1 is 1.06 bits per heavy atom. The second-order valence-corrected chi connectivity index (χ2v) is 4.14. The molecule has 0 bridgehead atoms. The van der Waals surface area contributed by atoms with Gasteiger partial charge in [-0.1, -0.05) is 24.3 Å². The van der Waals surface area contributed by atoms with E-state index in [0.29, 0.717) is 0 Å². The van der Waals surface area contributed by atoms with Crippen LogP contribution in [0.3, 0.4) is 0 Å². The predicted octanol–water partition coefficient (Wildman–Crippen LogP) is 1.81. The molecule has 2 N–H and O–H groups in total. The molecule has 3 heteroatoms. The van der Waals surface area contributed by atoms with E-state index in [1.165, 1.54) is 5.69 Å². The first-order valence-electron chi connectivity index (χ1n) is 5.80. The van der Waals surface area contributed by atoms with E-state index in [9.17, 15) is 5.11 Å². The Morgan fingerprint density at radius 2 is 1.82 bits per heavy atom. The van der Waals surface area contributed by atoms with E-state index in [1.54, 1.807) is 0 Å². The zero-order valence-electron chi connectivity index (χ0n) is 10.1. The number of hydrogen-bond acceptors (Lipinski definition) is 2. The van der Waals surface area contributed by atoms with E-state index >= 15 is 0 Å². The summed E-state index contributed by atoms with van der Waals surface area (Å²) < 4.78 is 2.10. The Labute approximate surface area is 102 Å². The maximum Gasteiger partial charge on any atom is 0.0685 e. The molecule has 0 amide bonds. The average molecular weight is 230 g/mol. The fourth-order valence-electron chi connectivity index (χ4n) is 1.89. The molecule has 90 valence electrons. The summed E-state index contributed by atoms with van der Waals surface area (Å²) in [5.41, 5.74) is 3.41. The van der Waals surface area contributed by atoms with Crippen molar-refractivity contribution in [2.45, 2.75) is 19.7 Å². The van der Waals surface area contributed by atoms with E-state index in [2.05, 4.69) is 16.0 Å². The van der Waals surface area contributed by atoms with Gasteiger partial charge in [-0.2, -0.15) is 0 Å². The molecule has 1 aromatic heterocycles. The van der Waals surface area contributed by atoms with Crippen LogP contribution in [0.5, 0.6) is 0 Å². The van der Waals surface area contributed by atoms with Crippen molar-refractivity contribution in [2.75, 3.05) is 0 Å². The molecular weight excluding hydrogens is 212 g/mol. The number of nitrogens with one attached hydrogen (secondary N) is 1. The van der Waals surface area contributed by atoms with Gasteiger partial charge in [-0.05, 0) is 23.3 Å². The van der Waals surface area contributed by atoms with Crippen molar-refractivity contribution in [3.8, 4) is 0 Å². The van der Waals surface area contributed by atoms with Gasteiger partial charge in [0.2, 0.25) is 0 Å². The van der Waals surface area contributed by atoms with Crippen molar-refractivity contribution in [3.63, 3.8) is 0 Å². The van der Waals surface area contributed by atoms with E-state index in [1.807, 2.05) is 43.6 Å². The number of aliphatic hydroxyl groups excluding tert-OH is 1. The van der Waals surface area contributed by atoms with Crippen molar-refractivity contribution in [1.29, 1.82) is 0 Å². The topological polar surface area (TPSA) is 37.2 Å². The highest BCUT2D eigenvalue weighted by molar-refractivity contribution is 5.26. The lowest BCUT2D eigenvalue weighted by atomic mass is 10.1. The van der Waals surface area contributed by atoms with E-state index < -0.39 is 0 Å². The zero-order valence-corrected chi connectivity index (χ0v) is 10.1. The number of aromatic nitrogens is 1. The number of benzene rings is 1. The molecule has 1 aromatic carbocycles. The van der Waals surface area contributed by atoms with Crippen molar-refractivity contribution >= 4 is 0 Å². The SMILES string of the molecule is Cn1cccc1CNCc1ccccc1CO. The van der Waals surface area contributed by atoms with E-state index in [0.717, 1.165) is 24.2 Å². The molecule has 0 spiro atoms. The molecule has 2 aromatic rings. The highest BCUT2D eigenvalue weighted by Crippen LogP contribution is 2.08. The molecule has 0 unspecified atom stereocenters. The number of hydrogen-bond donors (Lipinski definition) is 2. The van der Waals surface area contributed by atoms with Gasteiger partial charge < -0.3 is 15.0 Å². The molecule has 0 aliphatic rings. The minimum Gasteiger partial charge on any atom is -0.392 e. The maximum absolute atomic E-state index is 9.21. The van der Waals surface area contributed by atoms with E-state index in [-0.39, 0.29) is 6.61 Å². The molecule has 3 nitrogen and oxygen atoms in total. The Morgan fingerprint density at radius 3 is 2.47 bits per heavy atom. The van der Waals surface area contributed by atoms with Crippen LogP contribution in [0, 0.1) is 0 Å². The van der Waals surface area contributed by atoms with Gasteiger partial charge in [-0.3, -0.25) is 0 Å². The zero-order chi connectivity index (χ0) is 12.1. The lowest BCUT2D eigenvalue weighted by Crippen LogP contribution is -2.15. The highest BCUT2D eigenvalue weighted by Gasteiger charge is 2.01. The van der Waals surface area contributed by atoms with Gasteiger partial charge in [0, 0.05) is 32.0 Å². The first-order valence-corrected chi connectivity index (χ1v) is 5.80. The van der Waals surface area contributed by atoms with Crippen molar-refractivity contribution in [1.82, 2.24) is 9.88 Å². The Bertz CT molecular complexity index is 477. The fourth-order valence-corrected chi connectivity index (χ4v) is 1.89. The molecule has 0 atom stereocenters. The van der Waals surface area contributed by atoms with E-state index in [4.69, 9.17) is 0 Å². The number of aryl methyl sites for hydroxylation is 1. The molecule has 2 rings (SSSR count). The molecule has 0 saturated carbocycles. The quantitative estimate of drug-likeness (QED) is 0.822. The van der Waals surface area contributed by atoms with Crippen LogP contribution in [0.25, 0.3) is 0 Å². The third kappa shape index (κ3) is 2.96. The normalized spacial score (nSPS) is 10.7. The van der Waals surface area contributed by atoms with Gasteiger partial charge in [-0.15, -0.1) is 0 Å². The smallest absolute Gasteiger partial charge is 0.0685 e. The van der Waals surface area contributed by atoms with Crippen molar-refractivity contribution in [2.24, 2.45) is 7.05 Å². The molecule has 17 heavy (non-hydrogen) atoms. The van der Waals surface area contributed by atoms with Crippen LogP contribution in [0.1, 0.15) is 16.8 Å². The first-order chi connectivity index (χ1) is 8.31. The summed E-state index contributed by atoms with van der Waals surface area (Å²) in [6.45, 7) is 1.72. The van der Waals surface area contributed by atoms with Crippen molar-refractivity contribution < 1.29 is 5.11 Å². The highest BCUT2D eigenvalue weighted by atomic mass is 16.3. The molecule has 0 fully saturated rings. The van der Waals surface area contributed by atoms with Gasteiger partial charge in [0.1, 0.15) is 0 Å². The summed E-state index contributed by atoms with van der Waals surface area (Å²) >= 11 is 0. The van der Waals surface area contributed by atoms with Gasteiger partial charge in [0.15, 0.2) is 0 Å². The van der Waals surface area contributed by atoms with Crippen molar-refractivity contribution in [3.05, 3.63) is 59.4 Å². The Balaban J connectivity index is 1.92. The molecule has 0 aliphatic carbocycles. The molecule has 0 aliphatic heterocycles. The minimum absolute atomic E-state index is 0.0992. The summed E-state index contributed by atoms with van der Waals surface area (Å²) in [6, 6.07) is 12.1. The lowest BCUT2D eigenvalue weighted by molar-refractivity contribution is 0.280. The Kier molecular flexibility index (Phi) is 3.96. The van der Waals surface area contributed by atoms with Crippen LogP contribution in [0.15, 0.2) is 42.6 Å². The van der Waals surface area contributed by atoms with Crippen LogP contribution in [0.4, 0.5) is 0 Å². The largest absolute Gasteiger partial charge is 0.392 e. The molecule has 0 saturated heterocycles. The standard InChI is InChI=1S/C14H18N2O/c1-16-8-4-7-14(16)10-15-9-12-5-2-3-6-13(12)11-17/h2-8,15,17H,9-11H2,1H3. The summed E-state index contributed by atoms with van der Waals surface area (Å²) in [6.07, 6.45) is 2.04. The number of nitrogens with zero attached hydrogens (tertiary/aromatic N) is 1. The summed E-state index contributed by atoms with van der Waals surface area (Å²) in [7, 11) is 2.04. The van der Waals surface area contributed by atoms with Crippen LogP contribution >= 0.6 is 0 Å². The van der Waals surface area contributed by atoms with Crippen LogP contribution < -0.4 is 5.32 Å². The van der Waals surface area contributed by atoms with Crippen LogP contribution in [-0.4, -0.2) is 9.67 Å². The first kappa shape index (κ1) is 11.9. The monoisotopic (exact) mass is 230 g/mol. The third-order valence-electron chi connectivity index (χ3n) is 2.96. The second kappa shape index (κ2) is 5.66. The number of aliphatic hydroxyl groups is 1. The van der Waals surface area contributed by atoms with Crippen LogP contribution in [0.2, 0.25) is 0 Å². The number of rotatable bonds is 5. The fraction of sp³-hybridized carbons (Fsp3) is 0.286. The lowest BCUT2D eigenvalue weighted by Gasteiger charge is -2.09. The Hall–Kier alpha value is -1.58. The molecule has 0 radical (unpaired) electrons. The van der Waals surface area contributed by atoms with Crippen LogP contribution in [-0.2, 0) is 26.7 Å². The third-order valence-corrected chi connectivity index (χ3v) is 2.96. The summed E-state index contributed by atoms with van der Waals surface area (Å²) in [5, 5.41) is 12.6. The molecular formula is C14H18N2O. The maximum atomic E-state index is 9.21. The molecule has 1 heterocycles. The van der Waals surface area contributed by atoms with Gasteiger partial charge in [0.05, 0.1) is 6.61 Å². The average Bonchev–Trinajstić information content (AvgIpc) is 2.76.